The maximum absolute atomic E-state index is 12.4. The Kier molecular flexibility index (Phi) is 9.38. The number of ether oxygens (including phenoxy) is 1. The van der Waals surface area contributed by atoms with Crippen molar-refractivity contribution in [3.63, 3.8) is 0 Å². The molecule has 15 heteroatoms. The van der Waals surface area contributed by atoms with Crippen molar-refractivity contribution in [2.45, 2.75) is 43.9 Å². The van der Waals surface area contributed by atoms with Crippen LogP contribution in [0, 0.1) is 11.8 Å². The number of hydrogen-bond acceptors (Lipinski definition) is 6. The van der Waals surface area contributed by atoms with E-state index in [0.717, 1.165) is 43.7 Å². The van der Waals surface area contributed by atoms with Crippen molar-refractivity contribution >= 4 is 28.7 Å². The number of carbonyl (C=O) groups is 3. The van der Waals surface area contributed by atoms with E-state index in [-0.39, 0.29) is 17.9 Å². The van der Waals surface area contributed by atoms with Gasteiger partial charge in [0.2, 0.25) is 5.91 Å². The van der Waals surface area contributed by atoms with Crippen molar-refractivity contribution in [3.8, 4) is 0 Å². The van der Waals surface area contributed by atoms with Gasteiger partial charge in [0.05, 0.1) is 29.8 Å². The summed E-state index contributed by atoms with van der Waals surface area (Å²) in [6, 6.07) is 12.9. The maximum atomic E-state index is 12.4. The minimum Gasteiger partial charge on any atom is -0.475 e. The first-order valence-electron chi connectivity index (χ1n) is 11.7. The molecule has 3 heterocycles. The fourth-order valence-electron chi connectivity index (χ4n) is 4.15. The molecule has 3 aliphatic rings. The summed E-state index contributed by atoms with van der Waals surface area (Å²) >= 11 is 0. The number of aromatic nitrogens is 1. The number of para-hydroxylation sites is 1. The van der Waals surface area contributed by atoms with Crippen LogP contribution in [0.5, 0.6) is 0 Å². The molecule has 3 N–H and O–H groups in total. The molecule has 0 spiro atoms. The lowest BCUT2D eigenvalue weighted by molar-refractivity contribution is -0.193. The van der Waals surface area contributed by atoms with E-state index in [9.17, 15) is 31.1 Å². The minimum absolute atomic E-state index is 0.0140. The fourth-order valence-corrected chi connectivity index (χ4v) is 4.15. The molecule has 1 aliphatic carbocycles. The first kappa shape index (κ1) is 30.1. The van der Waals surface area contributed by atoms with E-state index in [0.29, 0.717) is 18.6 Å². The molecule has 3 fully saturated rings. The molecule has 39 heavy (non-hydrogen) atoms. The molecule has 1 saturated carbocycles. The summed E-state index contributed by atoms with van der Waals surface area (Å²) in [4.78, 5) is 37.4. The van der Waals surface area contributed by atoms with Crippen molar-refractivity contribution in [1.29, 1.82) is 0 Å². The standard InChI is InChI=1S/C20H23N3O2.2C2HF3O2/c24-20(22-14-7-8-14)17-12-25-19-11-23(10-16(17)19)9-15-6-5-13-3-1-2-4-18(13)21-15;2*3-2(4,5)1(6)7/h1-6,14,16-17,19H,7-12H2,(H,22,24);2*(H,6,7)/t16-,17+,19-;;/m1../s1. The number of hydrogen-bond donors (Lipinski definition) is 3. The van der Waals surface area contributed by atoms with Crippen LogP contribution in [0.3, 0.4) is 0 Å². The number of likely N-dealkylation sites (tertiary alicyclic amines) is 1. The molecule has 2 aromatic rings. The Balaban J connectivity index is 0.000000251. The van der Waals surface area contributed by atoms with Gasteiger partial charge in [-0.3, -0.25) is 14.7 Å². The van der Waals surface area contributed by atoms with Crippen LogP contribution >= 0.6 is 0 Å². The van der Waals surface area contributed by atoms with E-state index >= 15 is 0 Å². The topological polar surface area (TPSA) is 129 Å². The molecule has 0 unspecified atom stereocenters. The van der Waals surface area contributed by atoms with E-state index in [1.54, 1.807) is 0 Å². The SMILES string of the molecule is O=C(NC1CC1)[C@H]1CO[C@@H]2CN(Cc3ccc4ccccc4n3)C[C@H]12.O=C(O)C(F)(F)F.O=C(O)C(F)(F)F. The summed E-state index contributed by atoms with van der Waals surface area (Å²) in [6.07, 6.45) is -7.71. The third kappa shape index (κ3) is 8.78. The number of benzene rings is 1. The summed E-state index contributed by atoms with van der Waals surface area (Å²) in [5, 5.41) is 18.6. The lowest BCUT2D eigenvalue weighted by Gasteiger charge is -2.19. The van der Waals surface area contributed by atoms with Gasteiger partial charge in [0.25, 0.3) is 0 Å². The predicted octanol–water partition coefficient (Wildman–Crippen LogP) is 3.23. The lowest BCUT2D eigenvalue weighted by atomic mass is 9.92. The van der Waals surface area contributed by atoms with Gasteiger partial charge < -0.3 is 20.3 Å². The molecule has 9 nitrogen and oxygen atoms in total. The van der Waals surface area contributed by atoms with Gasteiger partial charge in [0.1, 0.15) is 0 Å². The zero-order valence-electron chi connectivity index (χ0n) is 20.2. The first-order valence-corrected chi connectivity index (χ1v) is 11.7. The van der Waals surface area contributed by atoms with Gasteiger partial charge in [0, 0.05) is 37.0 Å². The summed E-state index contributed by atoms with van der Waals surface area (Å²) in [5.74, 6) is -4.99. The van der Waals surface area contributed by atoms with Crippen LogP contribution in [-0.4, -0.2) is 82.1 Å². The first-order chi connectivity index (χ1) is 18.1. The number of halogens is 6. The van der Waals surface area contributed by atoms with Crippen LogP contribution in [0.25, 0.3) is 10.9 Å². The Hall–Kier alpha value is -3.46. The van der Waals surface area contributed by atoms with Crippen LogP contribution in [0.2, 0.25) is 0 Å². The second kappa shape index (κ2) is 12.2. The molecule has 1 aromatic carbocycles. The molecule has 1 amide bonds. The zero-order valence-corrected chi connectivity index (χ0v) is 20.2. The summed E-state index contributed by atoms with van der Waals surface area (Å²) < 4.78 is 69.4. The Morgan fingerprint density at radius 3 is 2.10 bits per heavy atom. The van der Waals surface area contributed by atoms with Crippen LogP contribution in [0.15, 0.2) is 36.4 Å². The molecule has 1 aromatic heterocycles. The monoisotopic (exact) mass is 565 g/mol. The molecular formula is C24H25F6N3O6. The fraction of sp³-hybridized carbons (Fsp3) is 0.500. The van der Waals surface area contributed by atoms with Gasteiger partial charge in [-0.25, -0.2) is 9.59 Å². The van der Waals surface area contributed by atoms with Crippen molar-refractivity contribution in [1.82, 2.24) is 15.2 Å². The molecule has 2 aliphatic heterocycles. The average molecular weight is 565 g/mol. The second-order valence-electron chi connectivity index (χ2n) is 9.22. The number of carbonyl (C=O) groups excluding carboxylic acids is 1. The summed E-state index contributed by atoms with van der Waals surface area (Å²) in [5.41, 5.74) is 2.12. The largest absolute Gasteiger partial charge is 0.490 e. The van der Waals surface area contributed by atoms with Crippen molar-refractivity contribution in [2.24, 2.45) is 11.8 Å². The summed E-state index contributed by atoms with van der Waals surface area (Å²) in [6.45, 7) is 3.21. The molecular weight excluding hydrogens is 540 g/mol. The Labute approximate surface area is 217 Å². The Morgan fingerprint density at radius 1 is 0.949 bits per heavy atom. The molecule has 5 rings (SSSR count). The second-order valence-corrected chi connectivity index (χ2v) is 9.22. The summed E-state index contributed by atoms with van der Waals surface area (Å²) in [7, 11) is 0. The highest BCUT2D eigenvalue weighted by molar-refractivity contribution is 5.80. The minimum atomic E-state index is -5.08. The van der Waals surface area contributed by atoms with Gasteiger partial charge in [-0.1, -0.05) is 24.3 Å². The highest BCUT2D eigenvalue weighted by atomic mass is 19.4. The highest BCUT2D eigenvalue weighted by Crippen LogP contribution is 2.35. The van der Waals surface area contributed by atoms with Crippen molar-refractivity contribution in [3.05, 3.63) is 42.1 Å². The number of nitrogens with one attached hydrogen (secondary N) is 1. The average Bonchev–Trinajstić information content (AvgIpc) is 3.43. The number of nitrogens with zero attached hydrogens (tertiary/aromatic N) is 2. The van der Waals surface area contributed by atoms with Gasteiger partial charge in [-0.2, -0.15) is 26.3 Å². The van der Waals surface area contributed by atoms with Crippen molar-refractivity contribution < 1.29 is 55.7 Å². The van der Waals surface area contributed by atoms with Crippen LogP contribution < -0.4 is 5.32 Å². The highest BCUT2D eigenvalue weighted by Gasteiger charge is 2.47. The number of aliphatic carboxylic acids is 2. The lowest BCUT2D eigenvalue weighted by Crippen LogP contribution is -2.37. The van der Waals surface area contributed by atoms with Crippen LogP contribution in [-0.2, 0) is 25.7 Å². The number of carboxylic acid groups (broad SMARTS) is 2. The number of alkyl halides is 6. The zero-order chi connectivity index (χ0) is 29.0. The van der Waals surface area contributed by atoms with E-state index in [1.165, 1.54) is 5.39 Å². The molecule has 2 saturated heterocycles. The molecule has 214 valence electrons. The Morgan fingerprint density at radius 2 is 1.54 bits per heavy atom. The predicted molar refractivity (Wildman–Crippen MR) is 122 cm³/mol. The van der Waals surface area contributed by atoms with Crippen LogP contribution in [0.4, 0.5) is 26.3 Å². The number of rotatable bonds is 4. The smallest absolute Gasteiger partial charge is 0.475 e. The van der Waals surface area contributed by atoms with E-state index in [2.05, 4.69) is 34.5 Å². The van der Waals surface area contributed by atoms with Crippen molar-refractivity contribution in [2.75, 3.05) is 19.7 Å². The Bertz CT molecular complexity index is 1160. The molecule has 0 bridgehead atoms. The van der Waals surface area contributed by atoms with Gasteiger partial charge in [-0.05, 0) is 25.0 Å². The third-order valence-electron chi connectivity index (χ3n) is 6.18. The van der Waals surface area contributed by atoms with Gasteiger partial charge in [-0.15, -0.1) is 0 Å². The number of fused-ring (bicyclic) bond motifs is 2. The third-order valence-corrected chi connectivity index (χ3v) is 6.18. The van der Waals surface area contributed by atoms with Gasteiger partial charge >= 0.3 is 24.3 Å². The van der Waals surface area contributed by atoms with E-state index in [4.69, 9.17) is 29.5 Å². The number of pyridine rings is 1. The normalized spacial score (nSPS) is 22.7. The quantitative estimate of drug-likeness (QED) is 0.482. The number of carboxylic acids is 2. The molecule has 0 radical (unpaired) electrons. The number of amides is 1. The maximum Gasteiger partial charge on any atom is 0.490 e. The van der Waals surface area contributed by atoms with Crippen LogP contribution in [0.1, 0.15) is 18.5 Å². The van der Waals surface area contributed by atoms with E-state index in [1.807, 2.05) is 12.1 Å². The van der Waals surface area contributed by atoms with E-state index < -0.39 is 24.3 Å². The molecule has 3 atom stereocenters. The van der Waals surface area contributed by atoms with Gasteiger partial charge in [0.15, 0.2) is 0 Å².